The molecule has 1 aliphatic heterocycles. The molecular weight excluding hydrogens is 1060 g/mol. The minimum absolute atomic E-state index is 0.243. The predicted octanol–water partition coefficient (Wildman–Crippen LogP) is 17.8. The Morgan fingerprint density at radius 3 is 0.943 bits per heavy atom. The highest BCUT2D eigenvalue weighted by atomic mass is 16.5. The van der Waals surface area contributed by atoms with Crippen molar-refractivity contribution in [3.8, 4) is 45.7 Å². The molecule has 0 aliphatic carbocycles. The van der Waals surface area contributed by atoms with Crippen LogP contribution in [0.15, 0.2) is 285 Å². The van der Waals surface area contributed by atoms with Crippen LogP contribution in [0.5, 0.6) is 17.2 Å². The Kier molecular flexibility index (Phi) is 10.1. The van der Waals surface area contributed by atoms with Crippen molar-refractivity contribution in [2.75, 3.05) is 7.11 Å². The second kappa shape index (κ2) is 18.3. The number of hydrogen-bond acceptors (Lipinski definition) is 2. The van der Waals surface area contributed by atoms with E-state index in [2.05, 4.69) is 308 Å². The lowest BCUT2D eigenvalue weighted by Gasteiger charge is -2.30. The van der Waals surface area contributed by atoms with Crippen molar-refractivity contribution in [1.82, 2.24) is 22.8 Å². The minimum Gasteiger partial charge on any atom is -0.497 e. The summed E-state index contributed by atoms with van der Waals surface area (Å²) in [6.45, 7) is -0.243. The molecule has 0 amide bonds. The van der Waals surface area contributed by atoms with E-state index < -0.39 is 0 Å². The highest BCUT2D eigenvalue weighted by Crippen LogP contribution is 2.43. The van der Waals surface area contributed by atoms with Gasteiger partial charge in [-0.15, -0.1) is 0 Å². The van der Waals surface area contributed by atoms with Crippen LogP contribution in [0.25, 0.3) is 137 Å². The van der Waals surface area contributed by atoms with Crippen LogP contribution >= 0.6 is 0 Å². The van der Waals surface area contributed by atoms with E-state index in [-0.39, 0.29) is 6.71 Å². The summed E-state index contributed by atoms with van der Waals surface area (Å²) in [5.74, 6) is 2.30. The first kappa shape index (κ1) is 48.0. The first-order chi connectivity index (χ1) is 43.1. The highest BCUT2D eigenvalue weighted by molar-refractivity contribution is 6.97. The molecule has 0 saturated heterocycles. The van der Waals surface area contributed by atoms with Crippen molar-refractivity contribution in [3.05, 3.63) is 285 Å². The number of hydrogen-bond donors (Lipinski definition) is 0. The molecule has 19 rings (SSSR count). The van der Waals surface area contributed by atoms with Gasteiger partial charge in [-0.3, -0.25) is 0 Å². The van der Waals surface area contributed by atoms with E-state index in [1.807, 2.05) is 0 Å². The smallest absolute Gasteiger partial charge is 0.255 e. The summed E-state index contributed by atoms with van der Waals surface area (Å²) < 4.78 is 26.0. The molecule has 0 bridgehead atoms. The Bertz CT molecular complexity index is 5550. The van der Waals surface area contributed by atoms with Crippen molar-refractivity contribution >= 4 is 132 Å². The largest absolute Gasteiger partial charge is 0.497 e. The van der Waals surface area contributed by atoms with Gasteiger partial charge in [0.1, 0.15) is 17.2 Å². The molecule has 18 aromatic rings. The van der Waals surface area contributed by atoms with Gasteiger partial charge in [0, 0.05) is 100 Å². The van der Waals surface area contributed by atoms with Gasteiger partial charge in [-0.05, 0) is 109 Å². The van der Waals surface area contributed by atoms with Crippen molar-refractivity contribution in [1.29, 1.82) is 0 Å². The number of nitrogens with zero attached hydrogens (tertiary/aromatic N) is 5. The molecule has 0 saturated carbocycles. The van der Waals surface area contributed by atoms with Crippen molar-refractivity contribution in [2.24, 2.45) is 0 Å². The SMILES string of the molecule is COc1cc(-n2c3ccccc3c3ccccc32)cc2c1B(c1ccc(-n3c4ccccc4c4ccccc43)cc1)c1ccc(-n3c4ccc(-n5c6ccccc6c6ccccc65)cc4c4cc(-n5c6ccccc6c6ccccc65)ccc43)cc1O2. The van der Waals surface area contributed by atoms with Gasteiger partial charge in [0.2, 0.25) is 0 Å². The van der Waals surface area contributed by atoms with Gasteiger partial charge in [0.05, 0.1) is 68.0 Å². The van der Waals surface area contributed by atoms with Crippen molar-refractivity contribution in [2.45, 2.75) is 0 Å². The summed E-state index contributed by atoms with van der Waals surface area (Å²) in [6, 6.07) is 104. The molecule has 0 fully saturated rings. The fourth-order valence-corrected chi connectivity index (χ4v) is 15.0. The molecule has 0 unspecified atom stereocenters. The monoisotopic (exact) mass is 1110 g/mol. The third-order valence-corrected chi connectivity index (χ3v) is 18.7. The predicted molar refractivity (Wildman–Crippen MR) is 362 cm³/mol. The van der Waals surface area contributed by atoms with Crippen LogP contribution in [0.2, 0.25) is 0 Å². The van der Waals surface area contributed by atoms with Gasteiger partial charge in [-0.1, -0.05) is 169 Å². The summed E-state index contributed by atoms with van der Waals surface area (Å²) in [5.41, 5.74) is 19.9. The molecule has 13 aromatic carbocycles. The van der Waals surface area contributed by atoms with E-state index in [0.29, 0.717) is 0 Å². The summed E-state index contributed by atoms with van der Waals surface area (Å²) in [5, 5.41) is 12.1. The molecule has 406 valence electrons. The Morgan fingerprint density at radius 1 is 0.264 bits per heavy atom. The Labute approximate surface area is 499 Å². The zero-order chi connectivity index (χ0) is 57.0. The lowest BCUT2D eigenvalue weighted by atomic mass is 9.35. The van der Waals surface area contributed by atoms with E-state index in [4.69, 9.17) is 9.47 Å². The minimum atomic E-state index is -0.243. The van der Waals surface area contributed by atoms with Crippen molar-refractivity contribution in [3.63, 3.8) is 0 Å². The molecule has 6 heterocycles. The topological polar surface area (TPSA) is 43.1 Å². The first-order valence-electron chi connectivity index (χ1n) is 29.8. The maximum atomic E-state index is 7.46. The maximum absolute atomic E-state index is 7.46. The molecule has 0 radical (unpaired) electrons. The fourth-order valence-electron chi connectivity index (χ4n) is 15.0. The Morgan fingerprint density at radius 2 is 0.563 bits per heavy atom. The van der Waals surface area contributed by atoms with E-state index in [1.54, 1.807) is 7.11 Å². The molecule has 0 spiro atoms. The summed E-state index contributed by atoms with van der Waals surface area (Å²) in [7, 11) is 1.79. The number of fused-ring (bicyclic) bond motifs is 17. The molecule has 5 aromatic heterocycles. The average Bonchev–Trinajstić information content (AvgIpc) is 1.96. The van der Waals surface area contributed by atoms with Crippen LogP contribution in [0.1, 0.15) is 0 Å². The zero-order valence-corrected chi connectivity index (χ0v) is 47.3. The molecule has 0 N–H and O–H groups in total. The maximum Gasteiger partial charge on any atom is 0.255 e. The van der Waals surface area contributed by atoms with E-state index in [9.17, 15) is 0 Å². The van der Waals surface area contributed by atoms with Gasteiger partial charge < -0.3 is 32.3 Å². The van der Waals surface area contributed by atoms with Gasteiger partial charge >= 0.3 is 0 Å². The molecule has 1 aliphatic rings. The number of ether oxygens (including phenoxy) is 2. The third-order valence-electron chi connectivity index (χ3n) is 18.7. The standard InChI is InChI=1S/C79H50BN5O2/c1-86-77-47-54(85-72-32-16-8-24-61(72)62-25-9-17-33-73(62)85)48-78-79(77)80(49-34-36-50(37-35-49)81-66-26-10-2-18-55(66)56-19-3-11-27-67(56)81)65-41-38-53(46-76(65)87-78)84-74-42-39-51(82-68-28-12-4-20-57(68)58-21-5-13-29-69(58)82)44-63(74)64-45-52(40-43-75(64)84)83-70-30-14-6-22-59(70)60-23-7-15-31-71(60)83/h2-48H,1H3. The zero-order valence-electron chi connectivity index (χ0n) is 47.3. The van der Waals surface area contributed by atoms with Crippen LogP contribution in [-0.2, 0) is 0 Å². The summed E-state index contributed by atoms with van der Waals surface area (Å²) >= 11 is 0. The molecule has 0 atom stereocenters. The van der Waals surface area contributed by atoms with Gasteiger partial charge in [0.25, 0.3) is 6.71 Å². The fraction of sp³-hybridized carbons (Fsp3) is 0.0127. The highest BCUT2D eigenvalue weighted by Gasteiger charge is 2.37. The molecular formula is C79H50BN5O2. The van der Waals surface area contributed by atoms with Gasteiger partial charge in [0.15, 0.2) is 0 Å². The number of benzene rings is 13. The Hall–Kier alpha value is -11.5. The van der Waals surface area contributed by atoms with Crippen LogP contribution in [0.3, 0.4) is 0 Å². The number of rotatable bonds is 7. The second-order valence-electron chi connectivity index (χ2n) is 23.1. The first-order valence-corrected chi connectivity index (χ1v) is 29.8. The Balaban J connectivity index is 0.834. The summed E-state index contributed by atoms with van der Waals surface area (Å²) in [6.07, 6.45) is 0. The quantitative estimate of drug-likeness (QED) is 0.149. The molecule has 8 heteroatoms. The number of aromatic nitrogens is 5. The second-order valence-corrected chi connectivity index (χ2v) is 23.1. The molecule has 7 nitrogen and oxygen atoms in total. The lowest BCUT2D eigenvalue weighted by molar-refractivity contribution is 0.413. The number of methoxy groups -OCH3 is 1. The van der Waals surface area contributed by atoms with E-state index in [0.717, 1.165) is 94.9 Å². The van der Waals surface area contributed by atoms with E-state index in [1.165, 1.54) is 76.2 Å². The third kappa shape index (κ3) is 6.83. The van der Waals surface area contributed by atoms with Crippen LogP contribution in [-0.4, -0.2) is 36.7 Å². The van der Waals surface area contributed by atoms with E-state index >= 15 is 0 Å². The summed E-state index contributed by atoms with van der Waals surface area (Å²) in [4.78, 5) is 0. The van der Waals surface area contributed by atoms with Crippen LogP contribution < -0.4 is 25.9 Å². The van der Waals surface area contributed by atoms with Crippen LogP contribution in [0.4, 0.5) is 0 Å². The van der Waals surface area contributed by atoms with Gasteiger partial charge in [-0.25, -0.2) is 0 Å². The van der Waals surface area contributed by atoms with Crippen molar-refractivity contribution < 1.29 is 9.47 Å². The molecule has 87 heavy (non-hydrogen) atoms. The van der Waals surface area contributed by atoms with Crippen LogP contribution in [0, 0.1) is 0 Å². The lowest BCUT2D eigenvalue weighted by Crippen LogP contribution is -2.55. The van der Waals surface area contributed by atoms with Gasteiger partial charge in [-0.2, -0.15) is 0 Å². The normalized spacial score (nSPS) is 12.5. The average molecular weight is 1110 g/mol. The number of para-hydroxylation sites is 8.